The van der Waals surface area contributed by atoms with Crippen molar-refractivity contribution in [1.82, 2.24) is 0 Å². The predicted molar refractivity (Wildman–Crippen MR) is 50.5 cm³/mol. The molecule has 3 N–H and O–H groups in total. The fraction of sp³-hybridized carbons (Fsp3) is 0.111. The van der Waals surface area contributed by atoms with E-state index in [1.165, 1.54) is 6.21 Å². The Morgan fingerprint density at radius 1 is 1.50 bits per heavy atom. The summed E-state index contributed by atoms with van der Waals surface area (Å²) in [7, 11) is 0. The van der Waals surface area contributed by atoms with Gasteiger partial charge in [-0.2, -0.15) is 0 Å². The van der Waals surface area contributed by atoms with Gasteiger partial charge in [-0.3, -0.25) is 4.79 Å². The Balaban J connectivity index is 2.59. The largest absolute Gasteiger partial charge is 0.484 e. The molecule has 14 heavy (non-hydrogen) atoms. The zero-order chi connectivity index (χ0) is 10.4. The first kappa shape index (κ1) is 10.0. The average molecular weight is 194 g/mol. The van der Waals surface area contributed by atoms with Crippen molar-refractivity contribution in [3.63, 3.8) is 0 Å². The Morgan fingerprint density at radius 2 is 2.14 bits per heavy atom. The predicted octanol–water partition coefficient (Wildman–Crippen LogP) is 0.359. The van der Waals surface area contributed by atoms with Gasteiger partial charge < -0.3 is 15.7 Å². The number of amides is 1. The number of ether oxygens (including phenoxy) is 1. The van der Waals surface area contributed by atoms with E-state index in [1.807, 2.05) is 0 Å². The van der Waals surface area contributed by atoms with Crippen molar-refractivity contribution in [1.29, 1.82) is 0 Å². The van der Waals surface area contributed by atoms with E-state index in [4.69, 9.17) is 15.7 Å². The third kappa shape index (κ3) is 3.14. The second-order valence-corrected chi connectivity index (χ2v) is 2.57. The number of nitrogens with two attached hydrogens (primary N) is 1. The second-order valence-electron chi connectivity index (χ2n) is 2.57. The molecule has 5 nitrogen and oxygen atoms in total. The van der Waals surface area contributed by atoms with Crippen molar-refractivity contribution in [2.24, 2.45) is 10.9 Å². The molecule has 0 heterocycles. The van der Waals surface area contributed by atoms with Crippen molar-refractivity contribution in [3.8, 4) is 5.75 Å². The van der Waals surface area contributed by atoms with E-state index >= 15 is 0 Å². The molecule has 0 spiro atoms. The molecular weight excluding hydrogens is 184 g/mol. The molecule has 0 atom stereocenters. The summed E-state index contributed by atoms with van der Waals surface area (Å²) in [5.41, 5.74) is 5.63. The number of carbonyl (C=O) groups excluding carboxylic acids is 1. The van der Waals surface area contributed by atoms with Gasteiger partial charge in [0.05, 0.1) is 6.21 Å². The first-order valence-corrected chi connectivity index (χ1v) is 3.91. The monoisotopic (exact) mass is 194 g/mol. The first-order chi connectivity index (χ1) is 6.72. The number of nitrogens with zero attached hydrogens (tertiary/aromatic N) is 1. The van der Waals surface area contributed by atoms with Crippen LogP contribution in [0, 0.1) is 0 Å². The lowest BCUT2D eigenvalue weighted by Crippen LogP contribution is -2.19. The maximum atomic E-state index is 10.4. The molecule has 1 aromatic carbocycles. The van der Waals surface area contributed by atoms with E-state index in [9.17, 15) is 4.79 Å². The summed E-state index contributed by atoms with van der Waals surface area (Å²) in [6.45, 7) is -0.145. The lowest BCUT2D eigenvalue weighted by molar-refractivity contribution is -0.119. The van der Waals surface area contributed by atoms with E-state index in [0.29, 0.717) is 5.75 Å². The quantitative estimate of drug-likeness (QED) is 0.412. The SMILES string of the molecule is NC(=O)COc1ccc(/C=N\O)cc1. The molecule has 1 aromatic rings. The van der Waals surface area contributed by atoms with Gasteiger partial charge in [-0.25, -0.2) is 0 Å². The fourth-order valence-corrected chi connectivity index (χ4v) is 0.871. The zero-order valence-corrected chi connectivity index (χ0v) is 7.38. The third-order valence-corrected chi connectivity index (χ3v) is 1.47. The second kappa shape index (κ2) is 4.86. The topological polar surface area (TPSA) is 84.9 Å². The minimum absolute atomic E-state index is 0.145. The lowest BCUT2D eigenvalue weighted by atomic mass is 10.2. The van der Waals surface area contributed by atoms with Gasteiger partial charge in [0.15, 0.2) is 6.61 Å². The maximum Gasteiger partial charge on any atom is 0.255 e. The van der Waals surface area contributed by atoms with Gasteiger partial charge in [-0.05, 0) is 29.8 Å². The number of carbonyl (C=O) groups is 1. The highest BCUT2D eigenvalue weighted by molar-refractivity contribution is 5.79. The first-order valence-electron chi connectivity index (χ1n) is 3.91. The minimum atomic E-state index is -0.522. The van der Waals surface area contributed by atoms with Gasteiger partial charge in [0, 0.05) is 0 Å². The van der Waals surface area contributed by atoms with Crippen LogP contribution in [0.1, 0.15) is 5.56 Å². The summed E-state index contributed by atoms with van der Waals surface area (Å²) in [6.07, 6.45) is 1.29. The number of primary amides is 1. The number of oxime groups is 1. The molecule has 1 amide bonds. The molecule has 5 heteroatoms. The van der Waals surface area contributed by atoms with E-state index < -0.39 is 5.91 Å². The van der Waals surface area contributed by atoms with Crippen LogP contribution < -0.4 is 10.5 Å². The molecule has 74 valence electrons. The summed E-state index contributed by atoms with van der Waals surface area (Å²) in [5, 5.41) is 11.1. The molecule has 0 aliphatic carbocycles. The van der Waals surface area contributed by atoms with Gasteiger partial charge >= 0.3 is 0 Å². The maximum absolute atomic E-state index is 10.4. The third-order valence-electron chi connectivity index (χ3n) is 1.47. The van der Waals surface area contributed by atoms with Gasteiger partial charge in [-0.1, -0.05) is 5.16 Å². The molecule has 0 aliphatic rings. The van der Waals surface area contributed by atoms with Crippen molar-refractivity contribution < 1.29 is 14.7 Å². The van der Waals surface area contributed by atoms with Crippen LogP contribution in [-0.2, 0) is 4.79 Å². The van der Waals surface area contributed by atoms with Gasteiger partial charge in [0.25, 0.3) is 5.91 Å². The van der Waals surface area contributed by atoms with Gasteiger partial charge in [0.2, 0.25) is 0 Å². The van der Waals surface area contributed by atoms with Crippen molar-refractivity contribution >= 4 is 12.1 Å². The van der Waals surface area contributed by atoms with Crippen LogP contribution in [0.3, 0.4) is 0 Å². The van der Waals surface area contributed by atoms with Crippen LogP contribution in [-0.4, -0.2) is 23.9 Å². The summed E-state index contributed by atoms with van der Waals surface area (Å²) in [4.78, 5) is 10.4. The molecule has 0 bridgehead atoms. The Hall–Kier alpha value is -2.04. The number of hydrogen-bond acceptors (Lipinski definition) is 4. The van der Waals surface area contributed by atoms with E-state index in [-0.39, 0.29) is 6.61 Å². The van der Waals surface area contributed by atoms with Crippen LogP contribution >= 0.6 is 0 Å². The van der Waals surface area contributed by atoms with Crippen LogP contribution in [0.5, 0.6) is 5.75 Å². The van der Waals surface area contributed by atoms with Crippen LogP contribution in [0.15, 0.2) is 29.4 Å². The summed E-state index contributed by atoms with van der Waals surface area (Å²) in [6, 6.07) is 6.69. The van der Waals surface area contributed by atoms with Crippen LogP contribution in [0.4, 0.5) is 0 Å². The van der Waals surface area contributed by atoms with Gasteiger partial charge in [0.1, 0.15) is 5.75 Å². The van der Waals surface area contributed by atoms with Gasteiger partial charge in [-0.15, -0.1) is 0 Å². The van der Waals surface area contributed by atoms with Crippen molar-refractivity contribution in [3.05, 3.63) is 29.8 Å². The number of benzene rings is 1. The van der Waals surface area contributed by atoms with E-state index in [2.05, 4.69) is 5.16 Å². The molecule has 0 saturated carbocycles. The normalized spacial score (nSPS) is 10.3. The summed E-state index contributed by atoms with van der Waals surface area (Å²) < 4.78 is 5.02. The zero-order valence-electron chi connectivity index (χ0n) is 7.38. The molecule has 0 aliphatic heterocycles. The average Bonchev–Trinajstić information content (AvgIpc) is 2.17. The minimum Gasteiger partial charge on any atom is -0.484 e. The number of hydrogen-bond donors (Lipinski definition) is 2. The van der Waals surface area contributed by atoms with Crippen LogP contribution in [0.2, 0.25) is 0 Å². The van der Waals surface area contributed by atoms with Crippen LogP contribution in [0.25, 0.3) is 0 Å². The smallest absolute Gasteiger partial charge is 0.255 e. The molecule has 0 saturated heterocycles. The highest BCUT2D eigenvalue weighted by Gasteiger charge is 1.96. The lowest BCUT2D eigenvalue weighted by Gasteiger charge is -2.02. The van der Waals surface area contributed by atoms with Crippen molar-refractivity contribution in [2.45, 2.75) is 0 Å². The molecule has 1 rings (SSSR count). The molecule has 0 radical (unpaired) electrons. The highest BCUT2D eigenvalue weighted by atomic mass is 16.5. The molecular formula is C9H10N2O3. The van der Waals surface area contributed by atoms with Crippen molar-refractivity contribution in [2.75, 3.05) is 6.61 Å². The van der Waals surface area contributed by atoms with E-state index in [0.717, 1.165) is 5.56 Å². The summed E-state index contributed by atoms with van der Waals surface area (Å²) in [5.74, 6) is 0.0184. The Kier molecular flexibility index (Phi) is 3.49. The highest BCUT2D eigenvalue weighted by Crippen LogP contribution is 2.10. The fourth-order valence-electron chi connectivity index (χ4n) is 0.871. The standard InChI is InChI=1S/C9H10N2O3/c10-9(12)6-14-8-3-1-7(2-4-8)5-11-13/h1-5,13H,6H2,(H2,10,12)/b11-5-. The van der Waals surface area contributed by atoms with E-state index in [1.54, 1.807) is 24.3 Å². The molecule has 0 fully saturated rings. The molecule has 0 unspecified atom stereocenters. The Labute approximate surface area is 80.8 Å². The summed E-state index contributed by atoms with van der Waals surface area (Å²) >= 11 is 0. The Morgan fingerprint density at radius 3 is 2.64 bits per heavy atom. The number of rotatable bonds is 4. The Bertz CT molecular complexity index is 332. The molecule has 0 aromatic heterocycles.